The molecule has 28 heavy (non-hydrogen) atoms. The quantitative estimate of drug-likeness (QED) is 0.811. The van der Waals surface area contributed by atoms with Gasteiger partial charge in [0, 0.05) is 30.9 Å². The standard InChI is InChI=1S/C20H23F2N3O3/c1-3-28-20(27)13-9-25(11-4-5-11)17-12(19(13)26)8-14(21)18(16(17)22)24-7-6-15(23)10(24)2/h8-11,15H,3-7,23H2,1-2H3. The van der Waals surface area contributed by atoms with Crippen LogP contribution in [0.25, 0.3) is 10.9 Å². The summed E-state index contributed by atoms with van der Waals surface area (Å²) in [5.41, 5.74) is 4.96. The van der Waals surface area contributed by atoms with Gasteiger partial charge in [-0.15, -0.1) is 0 Å². The Morgan fingerprint density at radius 2 is 2.04 bits per heavy atom. The Morgan fingerprint density at radius 3 is 2.61 bits per heavy atom. The van der Waals surface area contributed by atoms with Gasteiger partial charge in [-0.25, -0.2) is 13.6 Å². The highest BCUT2D eigenvalue weighted by Crippen LogP contribution is 2.40. The number of rotatable bonds is 4. The fraction of sp³-hybridized carbons (Fsp3) is 0.500. The number of anilines is 1. The summed E-state index contributed by atoms with van der Waals surface area (Å²) in [5, 5.41) is -0.146. The molecule has 2 atom stereocenters. The van der Waals surface area contributed by atoms with E-state index in [4.69, 9.17) is 10.5 Å². The normalized spacial score (nSPS) is 22.1. The predicted octanol–water partition coefficient (Wildman–Crippen LogP) is 2.72. The van der Waals surface area contributed by atoms with Gasteiger partial charge in [0.1, 0.15) is 17.1 Å². The van der Waals surface area contributed by atoms with Gasteiger partial charge in [-0.1, -0.05) is 0 Å². The molecule has 2 aliphatic rings. The van der Waals surface area contributed by atoms with Crippen molar-refractivity contribution in [3.05, 3.63) is 39.7 Å². The summed E-state index contributed by atoms with van der Waals surface area (Å²) in [4.78, 5) is 26.6. The minimum atomic E-state index is -0.827. The highest BCUT2D eigenvalue weighted by Gasteiger charge is 2.35. The molecule has 1 aliphatic carbocycles. The number of nitrogens with two attached hydrogens (primary N) is 1. The Hall–Kier alpha value is -2.48. The van der Waals surface area contributed by atoms with Crippen LogP contribution in [0.5, 0.6) is 0 Å². The third-order valence-electron chi connectivity index (χ3n) is 5.72. The van der Waals surface area contributed by atoms with Crippen molar-refractivity contribution in [3.63, 3.8) is 0 Å². The van der Waals surface area contributed by atoms with Crippen molar-refractivity contribution >= 4 is 22.6 Å². The Morgan fingerprint density at radius 1 is 1.32 bits per heavy atom. The van der Waals surface area contributed by atoms with Crippen LogP contribution >= 0.6 is 0 Å². The van der Waals surface area contributed by atoms with E-state index in [0.717, 1.165) is 18.9 Å². The maximum absolute atomic E-state index is 15.6. The molecular weight excluding hydrogens is 368 g/mol. The zero-order valence-corrected chi connectivity index (χ0v) is 15.9. The molecule has 2 fully saturated rings. The van der Waals surface area contributed by atoms with E-state index < -0.39 is 23.0 Å². The van der Waals surface area contributed by atoms with E-state index in [-0.39, 0.29) is 46.9 Å². The zero-order chi connectivity index (χ0) is 20.2. The van der Waals surface area contributed by atoms with Crippen molar-refractivity contribution in [1.82, 2.24) is 4.57 Å². The lowest BCUT2D eigenvalue weighted by Gasteiger charge is -2.27. The lowest BCUT2D eigenvalue weighted by molar-refractivity contribution is 0.0524. The van der Waals surface area contributed by atoms with Crippen LogP contribution in [0.2, 0.25) is 0 Å². The summed E-state index contributed by atoms with van der Waals surface area (Å²) in [6.07, 6.45) is 3.59. The summed E-state index contributed by atoms with van der Waals surface area (Å²) in [6.45, 7) is 4.01. The summed E-state index contributed by atoms with van der Waals surface area (Å²) in [6, 6.07) is 0.615. The fourth-order valence-electron chi connectivity index (χ4n) is 3.97. The number of benzene rings is 1. The molecular formula is C20H23F2N3O3. The molecule has 1 aromatic carbocycles. The molecule has 1 aliphatic heterocycles. The molecule has 2 N–H and O–H groups in total. The lowest BCUT2D eigenvalue weighted by Crippen LogP contribution is -2.37. The molecule has 2 heterocycles. The average molecular weight is 391 g/mol. The van der Waals surface area contributed by atoms with Crippen LogP contribution in [-0.2, 0) is 4.74 Å². The zero-order valence-electron chi connectivity index (χ0n) is 15.9. The second kappa shape index (κ2) is 6.84. The molecule has 1 saturated heterocycles. The summed E-state index contributed by atoms with van der Waals surface area (Å²) in [7, 11) is 0. The lowest BCUT2D eigenvalue weighted by atomic mass is 10.1. The van der Waals surface area contributed by atoms with Crippen molar-refractivity contribution in [2.24, 2.45) is 5.73 Å². The second-order valence-corrected chi connectivity index (χ2v) is 7.53. The van der Waals surface area contributed by atoms with Crippen LogP contribution in [-0.4, -0.2) is 35.8 Å². The summed E-state index contributed by atoms with van der Waals surface area (Å²) < 4.78 is 37.1. The molecule has 2 unspecified atom stereocenters. The van der Waals surface area contributed by atoms with Gasteiger partial charge in [-0.2, -0.15) is 0 Å². The molecule has 0 amide bonds. The number of fused-ring (bicyclic) bond motifs is 1. The largest absolute Gasteiger partial charge is 0.462 e. The minimum Gasteiger partial charge on any atom is -0.462 e. The Bertz CT molecular complexity index is 1020. The number of hydrogen-bond donors (Lipinski definition) is 1. The van der Waals surface area contributed by atoms with Crippen LogP contribution in [0.1, 0.15) is 49.5 Å². The van der Waals surface area contributed by atoms with Crippen molar-refractivity contribution in [3.8, 4) is 0 Å². The van der Waals surface area contributed by atoms with Crippen molar-refractivity contribution in [2.45, 2.75) is 51.2 Å². The van der Waals surface area contributed by atoms with Crippen LogP contribution in [0, 0.1) is 11.6 Å². The third-order valence-corrected chi connectivity index (χ3v) is 5.72. The third kappa shape index (κ3) is 2.87. The van der Waals surface area contributed by atoms with Crippen LogP contribution in [0.15, 0.2) is 17.1 Å². The fourth-order valence-corrected chi connectivity index (χ4v) is 3.97. The van der Waals surface area contributed by atoms with Crippen LogP contribution in [0.4, 0.5) is 14.5 Å². The number of carbonyl (C=O) groups excluding carboxylic acids is 1. The number of aromatic nitrogens is 1. The molecule has 4 rings (SSSR count). The molecule has 0 bridgehead atoms. The van der Waals surface area contributed by atoms with Crippen molar-refractivity contribution in [1.29, 1.82) is 0 Å². The van der Waals surface area contributed by atoms with E-state index in [2.05, 4.69) is 0 Å². The van der Waals surface area contributed by atoms with Gasteiger partial charge >= 0.3 is 5.97 Å². The number of hydrogen-bond acceptors (Lipinski definition) is 5. The summed E-state index contributed by atoms with van der Waals surface area (Å²) >= 11 is 0. The molecule has 8 heteroatoms. The van der Waals surface area contributed by atoms with E-state index in [1.807, 2.05) is 6.92 Å². The van der Waals surface area contributed by atoms with Gasteiger partial charge in [-0.05, 0) is 39.2 Å². The van der Waals surface area contributed by atoms with Crippen LogP contribution in [0.3, 0.4) is 0 Å². The van der Waals surface area contributed by atoms with Gasteiger partial charge in [-0.3, -0.25) is 4.79 Å². The molecule has 6 nitrogen and oxygen atoms in total. The molecule has 0 spiro atoms. The van der Waals surface area contributed by atoms with E-state index >= 15 is 4.39 Å². The van der Waals surface area contributed by atoms with Gasteiger partial charge in [0.25, 0.3) is 0 Å². The first-order valence-corrected chi connectivity index (χ1v) is 9.61. The molecule has 0 radical (unpaired) electrons. The number of halogens is 2. The van der Waals surface area contributed by atoms with E-state index in [9.17, 15) is 14.0 Å². The monoisotopic (exact) mass is 391 g/mol. The summed E-state index contributed by atoms with van der Waals surface area (Å²) in [5.74, 6) is -2.39. The SMILES string of the molecule is CCOC(=O)c1cn(C2CC2)c2c(F)c(N3CCC(N)C3C)c(F)cc2c1=O. The highest BCUT2D eigenvalue weighted by atomic mass is 19.1. The first kappa shape index (κ1) is 18.9. The minimum absolute atomic E-state index is 0.0256. The van der Waals surface area contributed by atoms with Gasteiger partial charge in [0.2, 0.25) is 5.43 Å². The smallest absolute Gasteiger partial charge is 0.343 e. The average Bonchev–Trinajstić information content (AvgIpc) is 3.44. The maximum Gasteiger partial charge on any atom is 0.343 e. The molecule has 150 valence electrons. The Balaban J connectivity index is 1.98. The first-order chi connectivity index (χ1) is 13.3. The van der Waals surface area contributed by atoms with E-state index in [0.29, 0.717) is 13.0 Å². The number of pyridine rings is 1. The van der Waals surface area contributed by atoms with Crippen LogP contribution < -0.4 is 16.1 Å². The number of esters is 1. The van der Waals surface area contributed by atoms with E-state index in [1.54, 1.807) is 16.4 Å². The van der Waals surface area contributed by atoms with Crippen molar-refractivity contribution < 1.29 is 18.3 Å². The van der Waals surface area contributed by atoms with Crippen molar-refractivity contribution in [2.75, 3.05) is 18.1 Å². The number of carbonyl (C=O) groups is 1. The van der Waals surface area contributed by atoms with Gasteiger partial charge in [0.05, 0.1) is 17.5 Å². The topological polar surface area (TPSA) is 77.6 Å². The molecule has 1 saturated carbocycles. The Labute approximate surface area is 160 Å². The molecule has 1 aromatic heterocycles. The highest BCUT2D eigenvalue weighted by molar-refractivity contribution is 5.95. The maximum atomic E-state index is 15.6. The first-order valence-electron chi connectivity index (χ1n) is 9.61. The van der Waals surface area contributed by atoms with Gasteiger partial charge in [0.15, 0.2) is 5.82 Å². The number of ether oxygens (including phenoxy) is 1. The number of nitrogens with zero attached hydrogens (tertiary/aromatic N) is 2. The molecule has 2 aromatic rings. The van der Waals surface area contributed by atoms with E-state index in [1.165, 1.54) is 6.20 Å². The second-order valence-electron chi connectivity index (χ2n) is 7.53. The Kier molecular flexibility index (Phi) is 4.61. The predicted molar refractivity (Wildman–Crippen MR) is 102 cm³/mol. The van der Waals surface area contributed by atoms with Gasteiger partial charge < -0.3 is 19.9 Å².